The minimum Gasteiger partial charge on any atom is -0.349 e. The lowest BCUT2D eigenvalue weighted by molar-refractivity contribution is -0.138. The predicted molar refractivity (Wildman–Crippen MR) is 144 cm³/mol. The van der Waals surface area contributed by atoms with E-state index in [1.165, 1.54) is 0 Å². The first-order chi connectivity index (χ1) is 18.3. The molecule has 4 heterocycles. The van der Waals surface area contributed by atoms with Gasteiger partial charge >= 0.3 is 0 Å². The number of aryl methyl sites for hydroxylation is 1. The molecule has 10 nitrogen and oxygen atoms in total. The molecule has 2 aromatic heterocycles. The SMILES string of the molecule is CC(=O)N1CCN(C(=O)CCc2cccc(Nc3nccc(-c4c(C)c5n(c4C)CCNC5=O)n3)c2)CC1. The lowest BCUT2D eigenvalue weighted by atomic mass is 10.1. The molecule has 3 aromatic rings. The molecule has 1 aromatic carbocycles. The van der Waals surface area contributed by atoms with E-state index in [9.17, 15) is 14.4 Å². The van der Waals surface area contributed by atoms with E-state index in [1.807, 2.05) is 49.1 Å². The first-order valence-corrected chi connectivity index (χ1v) is 13.0. The Kier molecular flexibility index (Phi) is 7.13. The van der Waals surface area contributed by atoms with Crippen LogP contribution in [-0.2, 0) is 22.6 Å². The molecule has 10 heteroatoms. The number of anilines is 2. The van der Waals surface area contributed by atoms with Crippen molar-refractivity contribution in [3.05, 3.63) is 59.0 Å². The summed E-state index contributed by atoms with van der Waals surface area (Å²) >= 11 is 0. The molecule has 0 bridgehead atoms. The highest BCUT2D eigenvalue weighted by molar-refractivity contribution is 5.97. The fourth-order valence-electron chi connectivity index (χ4n) is 5.38. The Balaban J connectivity index is 1.25. The van der Waals surface area contributed by atoms with E-state index < -0.39 is 0 Å². The molecule has 0 saturated carbocycles. The van der Waals surface area contributed by atoms with Gasteiger partial charge in [-0.2, -0.15) is 0 Å². The van der Waals surface area contributed by atoms with Crippen LogP contribution in [0.4, 0.5) is 11.6 Å². The molecule has 3 amide bonds. The number of hydrogen-bond acceptors (Lipinski definition) is 6. The first-order valence-electron chi connectivity index (χ1n) is 13.0. The van der Waals surface area contributed by atoms with E-state index in [0.717, 1.165) is 40.3 Å². The quantitative estimate of drug-likeness (QED) is 0.522. The van der Waals surface area contributed by atoms with Crippen LogP contribution in [0.5, 0.6) is 0 Å². The van der Waals surface area contributed by atoms with Crippen LogP contribution in [-0.4, -0.2) is 74.8 Å². The summed E-state index contributed by atoms with van der Waals surface area (Å²) in [5, 5.41) is 6.21. The summed E-state index contributed by atoms with van der Waals surface area (Å²) in [5.41, 5.74) is 6.23. The zero-order valence-electron chi connectivity index (χ0n) is 22.1. The maximum Gasteiger partial charge on any atom is 0.268 e. The molecule has 0 radical (unpaired) electrons. The molecule has 1 saturated heterocycles. The number of amides is 3. The largest absolute Gasteiger partial charge is 0.349 e. The van der Waals surface area contributed by atoms with Gasteiger partial charge in [0.1, 0.15) is 5.69 Å². The summed E-state index contributed by atoms with van der Waals surface area (Å²) in [4.78, 5) is 49.4. The van der Waals surface area contributed by atoms with Gasteiger partial charge in [-0.25, -0.2) is 9.97 Å². The molecule has 2 N–H and O–H groups in total. The smallest absolute Gasteiger partial charge is 0.268 e. The normalized spacial score (nSPS) is 15.2. The molecular formula is C28H33N7O3. The molecule has 2 aliphatic rings. The van der Waals surface area contributed by atoms with Crippen LogP contribution in [0, 0.1) is 13.8 Å². The van der Waals surface area contributed by atoms with Gasteiger partial charge in [-0.15, -0.1) is 0 Å². The average molecular weight is 516 g/mol. The Morgan fingerprint density at radius 2 is 1.82 bits per heavy atom. The fraction of sp³-hybridized carbons (Fsp3) is 0.393. The average Bonchev–Trinajstić information content (AvgIpc) is 3.18. The van der Waals surface area contributed by atoms with Gasteiger partial charge in [-0.05, 0) is 49.6 Å². The third kappa shape index (κ3) is 5.11. The zero-order valence-corrected chi connectivity index (χ0v) is 22.1. The summed E-state index contributed by atoms with van der Waals surface area (Å²) < 4.78 is 2.06. The van der Waals surface area contributed by atoms with Gasteiger partial charge < -0.3 is 25.0 Å². The standard InChI is InChI=1S/C28H33N7O3/c1-18-25(19(2)35-12-11-29-27(38)26(18)35)23-9-10-30-28(32-23)31-22-6-4-5-21(17-22)7-8-24(37)34-15-13-33(14-16-34)20(3)36/h4-6,9-10,17H,7-8,11-16H2,1-3H3,(H,29,38)(H,30,31,32). The van der Waals surface area contributed by atoms with Crippen molar-refractivity contribution >= 4 is 29.4 Å². The van der Waals surface area contributed by atoms with E-state index in [0.29, 0.717) is 57.2 Å². The van der Waals surface area contributed by atoms with E-state index in [1.54, 1.807) is 18.0 Å². The van der Waals surface area contributed by atoms with Crippen molar-refractivity contribution in [1.29, 1.82) is 0 Å². The van der Waals surface area contributed by atoms with Gasteiger partial charge in [-0.1, -0.05) is 12.1 Å². The number of piperazine rings is 1. The molecule has 198 valence electrons. The summed E-state index contributed by atoms with van der Waals surface area (Å²) in [5.74, 6) is 0.578. The van der Waals surface area contributed by atoms with Crippen molar-refractivity contribution in [3.63, 3.8) is 0 Å². The van der Waals surface area contributed by atoms with Crippen LogP contribution >= 0.6 is 0 Å². The van der Waals surface area contributed by atoms with Gasteiger partial charge in [0.05, 0.1) is 5.69 Å². The van der Waals surface area contributed by atoms with Crippen molar-refractivity contribution in [2.24, 2.45) is 0 Å². The lowest BCUT2D eigenvalue weighted by Crippen LogP contribution is -2.50. The van der Waals surface area contributed by atoms with E-state index in [2.05, 4.69) is 20.2 Å². The molecule has 1 fully saturated rings. The molecule has 0 unspecified atom stereocenters. The van der Waals surface area contributed by atoms with Crippen molar-refractivity contribution in [3.8, 4) is 11.3 Å². The Labute approximate surface area is 222 Å². The molecule has 0 aliphatic carbocycles. The van der Waals surface area contributed by atoms with Gasteiger partial charge in [0.2, 0.25) is 17.8 Å². The maximum absolute atomic E-state index is 12.7. The number of carbonyl (C=O) groups is 3. The monoisotopic (exact) mass is 515 g/mol. The third-order valence-corrected chi connectivity index (χ3v) is 7.40. The molecule has 0 atom stereocenters. The van der Waals surface area contributed by atoms with Gasteiger partial charge in [0.15, 0.2) is 0 Å². The molecule has 2 aliphatic heterocycles. The lowest BCUT2D eigenvalue weighted by Gasteiger charge is -2.34. The molecule has 5 rings (SSSR count). The third-order valence-electron chi connectivity index (χ3n) is 7.40. The zero-order chi connectivity index (χ0) is 26.8. The summed E-state index contributed by atoms with van der Waals surface area (Å²) in [6, 6.07) is 9.77. The van der Waals surface area contributed by atoms with Gasteiger partial charge in [0.25, 0.3) is 5.91 Å². The van der Waals surface area contributed by atoms with Crippen molar-refractivity contribution in [1.82, 2.24) is 29.7 Å². The highest BCUT2D eigenvalue weighted by Gasteiger charge is 2.27. The number of nitrogens with zero attached hydrogens (tertiary/aromatic N) is 5. The van der Waals surface area contributed by atoms with Crippen molar-refractivity contribution in [2.45, 2.75) is 40.2 Å². The fourth-order valence-corrected chi connectivity index (χ4v) is 5.38. The van der Waals surface area contributed by atoms with Crippen LogP contribution in [0.1, 0.15) is 40.7 Å². The number of benzene rings is 1. The number of nitrogens with one attached hydrogen (secondary N) is 2. The van der Waals surface area contributed by atoms with Crippen molar-refractivity contribution in [2.75, 3.05) is 38.0 Å². The van der Waals surface area contributed by atoms with Crippen LogP contribution in [0.2, 0.25) is 0 Å². The predicted octanol–water partition coefficient (Wildman–Crippen LogP) is 2.67. The number of carbonyl (C=O) groups excluding carboxylic acids is 3. The van der Waals surface area contributed by atoms with E-state index in [-0.39, 0.29) is 17.7 Å². The van der Waals surface area contributed by atoms with Crippen LogP contribution in [0.3, 0.4) is 0 Å². The molecular weight excluding hydrogens is 482 g/mol. The van der Waals surface area contributed by atoms with E-state index in [4.69, 9.17) is 4.98 Å². The number of aromatic nitrogens is 3. The summed E-state index contributed by atoms with van der Waals surface area (Å²) in [6.07, 6.45) is 2.76. The second-order valence-electron chi connectivity index (χ2n) is 9.82. The maximum atomic E-state index is 12.7. The highest BCUT2D eigenvalue weighted by atomic mass is 16.2. The Morgan fingerprint density at radius 1 is 1.05 bits per heavy atom. The summed E-state index contributed by atoms with van der Waals surface area (Å²) in [7, 11) is 0. The number of fused-ring (bicyclic) bond motifs is 1. The Morgan fingerprint density at radius 3 is 2.55 bits per heavy atom. The van der Waals surface area contributed by atoms with Gasteiger partial charge in [-0.3, -0.25) is 14.4 Å². The highest BCUT2D eigenvalue weighted by Crippen LogP contribution is 2.32. The second kappa shape index (κ2) is 10.6. The molecule has 38 heavy (non-hydrogen) atoms. The van der Waals surface area contributed by atoms with Crippen LogP contribution < -0.4 is 10.6 Å². The topological polar surface area (TPSA) is 112 Å². The van der Waals surface area contributed by atoms with E-state index >= 15 is 0 Å². The van der Waals surface area contributed by atoms with Gasteiger partial charge in [0, 0.05) is 75.8 Å². The summed E-state index contributed by atoms with van der Waals surface area (Å²) in [6.45, 7) is 9.27. The van der Waals surface area contributed by atoms with Crippen molar-refractivity contribution < 1.29 is 14.4 Å². The second-order valence-corrected chi connectivity index (χ2v) is 9.82. The Hall–Kier alpha value is -4.21. The molecule has 0 spiro atoms. The van der Waals surface area contributed by atoms with Crippen LogP contribution in [0.25, 0.3) is 11.3 Å². The number of rotatable bonds is 6. The minimum absolute atomic E-state index is 0.0517. The first kappa shape index (κ1) is 25.4. The minimum atomic E-state index is -0.0517. The Bertz CT molecular complexity index is 1390. The van der Waals surface area contributed by atoms with Crippen LogP contribution in [0.15, 0.2) is 36.5 Å². The number of hydrogen-bond donors (Lipinski definition) is 2.